The van der Waals surface area contributed by atoms with Gasteiger partial charge in [0.15, 0.2) is 0 Å². The number of alkyl halides is 2. The Labute approximate surface area is 117 Å². The Morgan fingerprint density at radius 3 is 1.16 bits per heavy atom. The number of unbranched alkanes of at least 4 members (excludes halogenated alkanes) is 12. The lowest BCUT2D eigenvalue weighted by Gasteiger charge is -2.03. The largest absolute Gasteiger partial charge is 0.238 e. The quantitative estimate of drug-likeness (QED) is 0.320. The summed E-state index contributed by atoms with van der Waals surface area (Å²) in [5, 5.41) is 10.2. The van der Waals surface area contributed by atoms with Crippen molar-refractivity contribution in [3.63, 3.8) is 0 Å². The number of hydrogen-bond acceptors (Lipinski definition) is 0. The van der Waals surface area contributed by atoms with Crippen LogP contribution in [0.4, 0.5) is 8.78 Å². The molecule has 0 heterocycles. The molecule has 0 aromatic rings. The summed E-state index contributed by atoms with van der Waals surface area (Å²) in [4.78, 5) is 0. The van der Waals surface area contributed by atoms with Crippen LogP contribution in [0.3, 0.4) is 0 Å². The van der Waals surface area contributed by atoms with E-state index >= 15 is 0 Å². The molecule has 0 N–H and O–H groups in total. The maximum absolute atomic E-state index is 11.9. The molecule has 1 nitrogen and oxygen atoms in total. The Balaban J connectivity index is 2.91. The Morgan fingerprint density at radius 1 is 0.526 bits per heavy atom. The predicted molar refractivity (Wildman–Crippen MR) is 76.2 cm³/mol. The van der Waals surface area contributed by atoms with Crippen LogP contribution in [0, 0.1) is 0 Å². The molecule has 0 aliphatic heterocycles. The molecular weight excluding hydrogens is 246 g/mol. The van der Waals surface area contributed by atoms with E-state index < -0.39 is 6.43 Å². The van der Waals surface area contributed by atoms with Gasteiger partial charge in [-0.25, -0.2) is 13.9 Å². The van der Waals surface area contributed by atoms with Gasteiger partial charge in [-0.3, -0.25) is 0 Å². The first-order valence-electron chi connectivity index (χ1n) is 8.13. The molecule has 0 saturated heterocycles. The van der Waals surface area contributed by atoms with Crippen molar-refractivity contribution in [1.82, 2.24) is 0 Å². The van der Waals surface area contributed by atoms with Gasteiger partial charge >= 0.3 is 0 Å². The van der Waals surface area contributed by atoms with Crippen molar-refractivity contribution in [3.05, 3.63) is 0 Å². The van der Waals surface area contributed by atoms with E-state index in [2.05, 4.69) is 0 Å². The molecule has 0 aliphatic rings. The topological polar surface area (TPSA) is 19.9 Å². The van der Waals surface area contributed by atoms with E-state index in [1.165, 1.54) is 51.4 Å². The van der Waals surface area contributed by atoms with E-state index in [0.29, 0.717) is 6.42 Å². The van der Waals surface area contributed by atoms with Gasteiger partial charge in [-0.2, -0.15) is 0 Å². The summed E-state index contributed by atoms with van der Waals surface area (Å²) < 4.78 is 23.7. The molecule has 0 rings (SSSR count). The lowest BCUT2D eigenvalue weighted by Crippen LogP contribution is -1.89. The van der Waals surface area contributed by atoms with Crippen molar-refractivity contribution in [2.75, 3.05) is 6.61 Å². The van der Waals surface area contributed by atoms with Gasteiger partial charge < -0.3 is 0 Å². The molecule has 0 amide bonds. The summed E-state index contributed by atoms with van der Waals surface area (Å²) in [7, 11) is 0. The third-order valence-electron chi connectivity index (χ3n) is 3.57. The zero-order valence-electron chi connectivity index (χ0n) is 12.3. The maximum atomic E-state index is 11.9. The molecule has 0 saturated carbocycles. The third kappa shape index (κ3) is 17.8. The van der Waals surface area contributed by atoms with Crippen molar-refractivity contribution >= 4 is 0 Å². The SMILES string of the molecule is [O]CCCCCCCCCCCCCCCC(F)F. The highest BCUT2D eigenvalue weighted by atomic mass is 19.3. The van der Waals surface area contributed by atoms with Crippen LogP contribution in [-0.2, 0) is 5.11 Å². The van der Waals surface area contributed by atoms with Crippen LogP contribution in [0.1, 0.15) is 89.9 Å². The van der Waals surface area contributed by atoms with E-state index in [4.69, 9.17) is 0 Å². The molecule has 0 fully saturated rings. The maximum Gasteiger partial charge on any atom is 0.238 e. The Bertz CT molecular complexity index is 163. The van der Waals surface area contributed by atoms with Crippen molar-refractivity contribution in [1.29, 1.82) is 0 Å². The number of halogens is 2. The molecule has 115 valence electrons. The number of rotatable bonds is 15. The normalized spacial score (nSPS) is 11.4. The van der Waals surface area contributed by atoms with E-state index in [-0.39, 0.29) is 13.0 Å². The molecule has 0 aromatic carbocycles. The highest BCUT2D eigenvalue weighted by molar-refractivity contribution is 4.50. The third-order valence-corrected chi connectivity index (χ3v) is 3.57. The fourth-order valence-electron chi connectivity index (χ4n) is 2.35. The van der Waals surface area contributed by atoms with Gasteiger partial charge in [0, 0.05) is 6.42 Å². The zero-order valence-corrected chi connectivity index (χ0v) is 12.3. The molecule has 0 aromatic heterocycles. The van der Waals surface area contributed by atoms with Gasteiger partial charge in [-0.1, -0.05) is 70.6 Å². The summed E-state index contributed by atoms with van der Waals surface area (Å²) >= 11 is 0. The van der Waals surface area contributed by atoms with Gasteiger partial charge in [0.2, 0.25) is 6.43 Å². The molecule has 1 radical (unpaired) electrons. The second kappa shape index (κ2) is 15.9. The molecule has 0 unspecified atom stereocenters. The first-order chi connectivity index (χ1) is 9.27. The molecule has 0 atom stereocenters. The summed E-state index contributed by atoms with van der Waals surface area (Å²) in [5.74, 6) is 0. The Kier molecular flexibility index (Phi) is 15.7. The second-order valence-electron chi connectivity index (χ2n) is 5.48. The van der Waals surface area contributed by atoms with Crippen LogP contribution < -0.4 is 0 Å². The van der Waals surface area contributed by atoms with Gasteiger partial charge in [-0.15, -0.1) is 0 Å². The average Bonchev–Trinajstić information content (AvgIpc) is 2.39. The van der Waals surface area contributed by atoms with Crippen LogP contribution in [0.15, 0.2) is 0 Å². The standard InChI is InChI=1S/C16H31F2O/c17-16(18)14-12-10-8-6-4-2-1-3-5-7-9-11-13-15-19/h16H,1-15H2. The van der Waals surface area contributed by atoms with Crippen LogP contribution >= 0.6 is 0 Å². The van der Waals surface area contributed by atoms with Gasteiger partial charge in [0.25, 0.3) is 0 Å². The smallest absolute Gasteiger partial charge is 0.237 e. The Hall–Kier alpha value is -0.180. The van der Waals surface area contributed by atoms with Crippen molar-refractivity contribution in [2.24, 2.45) is 0 Å². The molecule has 0 bridgehead atoms. The van der Waals surface area contributed by atoms with E-state index in [1.54, 1.807) is 0 Å². The minimum absolute atomic E-state index is 0.0757. The summed E-state index contributed by atoms with van der Waals surface area (Å²) in [5.41, 5.74) is 0. The van der Waals surface area contributed by atoms with Crippen LogP contribution in [0.5, 0.6) is 0 Å². The first-order valence-corrected chi connectivity index (χ1v) is 8.13. The summed E-state index contributed by atoms with van der Waals surface area (Å²) in [6, 6.07) is 0. The van der Waals surface area contributed by atoms with E-state index in [1.807, 2.05) is 0 Å². The summed E-state index contributed by atoms with van der Waals surface area (Å²) in [6.45, 7) is 0.0807. The highest BCUT2D eigenvalue weighted by Gasteiger charge is 2.00. The van der Waals surface area contributed by atoms with Crippen molar-refractivity contribution < 1.29 is 13.9 Å². The molecule has 0 spiro atoms. The Morgan fingerprint density at radius 2 is 0.842 bits per heavy atom. The first kappa shape index (κ1) is 18.8. The number of hydrogen-bond donors (Lipinski definition) is 0. The zero-order chi connectivity index (χ0) is 14.2. The van der Waals surface area contributed by atoms with E-state index in [0.717, 1.165) is 25.7 Å². The molecule has 0 aliphatic carbocycles. The molecule has 3 heteroatoms. The fourth-order valence-corrected chi connectivity index (χ4v) is 2.35. The van der Waals surface area contributed by atoms with Crippen LogP contribution in [-0.4, -0.2) is 13.0 Å². The highest BCUT2D eigenvalue weighted by Crippen LogP contribution is 2.14. The minimum atomic E-state index is -2.12. The lowest BCUT2D eigenvalue weighted by atomic mass is 10.0. The predicted octanol–water partition coefficient (Wildman–Crippen LogP) is 6.14. The molecular formula is C16H31F2O. The van der Waals surface area contributed by atoms with Crippen LogP contribution in [0.25, 0.3) is 0 Å². The van der Waals surface area contributed by atoms with Gasteiger partial charge in [0.1, 0.15) is 0 Å². The van der Waals surface area contributed by atoms with Crippen molar-refractivity contribution in [3.8, 4) is 0 Å². The molecule has 19 heavy (non-hydrogen) atoms. The van der Waals surface area contributed by atoms with Crippen LogP contribution in [0.2, 0.25) is 0 Å². The fraction of sp³-hybridized carbons (Fsp3) is 1.00. The second-order valence-corrected chi connectivity index (χ2v) is 5.48. The summed E-state index contributed by atoms with van der Waals surface area (Å²) in [6.07, 6.45) is 12.8. The monoisotopic (exact) mass is 277 g/mol. The lowest BCUT2D eigenvalue weighted by molar-refractivity contribution is 0.133. The average molecular weight is 277 g/mol. The van der Waals surface area contributed by atoms with E-state index in [9.17, 15) is 13.9 Å². The van der Waals surface area contributed by atoms with Gasteiger partial charge in [0.05, 0.1) is 6.61 Å². The minimum Gasteiger partial charge on any atom is -0.237 e. The van der Waals surface area contributed by atoms with Gasteiger partial charge in [-0.05, 0) is 12.8 Å². The van der Waals surface area contributed by atoms with Crippen molar-refractivity contribution in [2.45, 2.75) is 96.3 Å².